The number of aromatic nitrogens is 2. The predicted octanol–water partition coefficient (Wildman–Crippen LogP) is 2.53. The zero-order valence-electron chi connectivity index (χ0n) is 12.1. The fraction of sp³-hybridized carbons (Fsp3) is 0.667. The number of aryl methyl sites for hydroxylation is 2. The molecule has 18 heavy (non-hydrogen) atoms. The van der Waals surface area contributed by atoms with Crippen molar-refractivity contribution >= 4 is 5.57 Å². The average molecular weight is 245 g/mol. The summed E-state index contributed by atoms with van der Waals surface area (Å²) in [6.45, 7) is 10.1. The van der Waals surface area contributed by atoms with E-state index in [1.807, 2.05) is 11.7 Å². The summed E-state index contributed by atoms with van der Waals surface area (Å²) < 4.78 is 2.01. The first-order valence-electron chi connectivity index (χ1n) is 6.97. The molecule has 1 saturated heterocycles. The number of fused-ring (bicyclic) bond motifs is 2. The highest BCUT2D eigenvalue weighted by Crippen LogP contribution is 2.44. The van der Waals surface area contributed by atoms with Crippen molar-refractivity contribution in [1.29, 1.82) is 0 Å². The molecule has 2 bridgehead atoms. The van der Waals surface area contributed by atoms with Crippen molar-refractivity contribution < 1.29 is 0 Å². The molecule has 0 aromatic carbocycles. The second-order valence-corrected chi connectivity index (χ2v) is 6.08. The summed E-state index contributed by atoms with van der Waals surface area (Å²) in [6.07, 6.45) is 3.80. The smallest absolute Gasteiger partial charge is 0.0671 e. The van der Waals surface area contributed by atoms with Crippen LogP contribution in [-0.4, -0.2) is 33.3 Å². The summed E-state index contributed by atoms with van der Waals surface area (Å²) >= 11 is 0. The maximum absolute atomic E-state index is 4.56. The van der Waals surface area contributed by atoms with Gasteiger partial charge in [0.15, 0.2) is 0 Å². The van der Waals surface area contributed by atoms with Crippen LogP contribution in [-0.2, 0) is 7.05 Å². The minimum Gasteiger partial charge on any atom is -0.294 e. The van der Waals surface area contributed by atoms with Crippen molar-refractivity contribution in [3.8, 4) is 0 Å². The van der Waals surface area contributed by atoms with E-state index in [1.165, 1.54) is 29.9 Å². The van der Waals surface area contributed by atoms with Gasteiger partial charge in [0.1, 0.15) is 0 Å². The van der Waals surface area contributed by atoms with Gasteiger partial charge < -0.3 is 0 Å². The number of nitrogens with zero attached hydrogens (tertiary/aromatic N) is 3. The first-order valence-corrected chi connectivity index (χ1v) is 6.97. The van der Waals surface area contributed by atoms with Crippen LogP contribution in [0.3, 0.4) is 0 Å². The summed E-state index contributed by atoms with van der Waals surface area (Å²) in [7, 11) is 2.04. The predicted molar refractivity (Wildman–Crippen MR) is 74.4 cm³/mol. The van der Waals surface area contributed by atoms with Gasteiger partial charge in [-0.3, -0.25) is 9.58 Å². The van der Waals surface area contributed by atoms with Crippen molar-refractivity contribution in [2.75, 3.05) is 6.54 Å². The molecule has 0 N–H and O–H groups in total. The largest absolute Gasteiger partial charge is 0.294 e. The van der Waals surface area contributed by atoms with Crippen LogP contribution in [0.25, 0.3) is 5.57 Å². The third-order valence-electron chi connectivity index (χ3n) is 4.66. The lowest BCUT2D eigenvalue weighted by Crippen LogP contribution is -2.36. The van der Waals surface area contributed by atoms with Gasteiger partial charge in [0.05, 0.1) is 5.69 Å². The molecule has 3 heteroatoms. The molecule has 1 aromatic rings. The van der Waals surface area contributed by atoms with Gasteiger partial charge in [-0.1, -0.05) is 6.08 Å². The van der Waals surface area contributed by atoms with E-state index >= 15 is 0 Å². The fourth-order valence-electron chi connectivity index (χ4n) is 3.70. The van der Waals surface area contributed by atoms with Gasteiger partial charge in [-0.2, -0.15) is 5.10 Å². The van der Waals surface area contributed by atoms with Gasteiger partial charge in [0, 0.05) is 36.9 Å². The Morgan fingerprint density at radius 2 is 2.06 bits per heavy atom. The van der Waals surface area contributed by atoms with Crippen molar-refractivity contribution in [3.05, 3.63) is 23.0 Å². The molecule has 1 aromatic heterocycles. The maximum Gasteiger partial charge on any atom is 0.0671 e. The van der Waals surface area contributed by atoms with Crippen LogP contribution in [0.1, 0.15) is 37.2 Å². The van der Waals surface area contributed by atoms with Gasteiger partial charge in [0.2, 0.25) is 0 Å². The topological polar surface area (TPSA) is 21.1 Å². The number of hydrogen-bond acceptors (Lipinski definition) is 2. The molecular formula is C15H23N3. The Morgan fingerprint density at radius 1 is 1.33 bits per heavy atom. The molecule has 0 spiro atoms. The third-order valence-corrected chi connectivity index (χ3v) is 4.66. The van der Waals surface area contributed by atoms with Crippen LogP contribution in [0.5, 0.6) is 0 Å². The lowest BCUT2D eigenvalue weighted by atomic mass is 9.93. The summed E-state index contributed by atoms with van der Waals surface area (Å²) in [4.78, 5) is 2.62. The lowest BCUT2D eigenvalue weighted by molar-refractivity contribution is 0.227. The normalized spacial score (nSPS) is 27.3. The molecule has 2 aliphatic rings. The SMILES string of the molecule is Cc1nn(C)c(C)c1C1=CC2CC1CN2C(C)C. The standard InChI is InChI=1S/C15H23N3/c1-9(2)18-8-12-6-13(18)7-14(12)15-10(3)16-17(5)11(15)4/h7,9,12-13H,6,8H2,1-5H3. The van der Waals surface area contributed by atoms with Crippen LogP contribution in [0, 0.1) is 19.8 Å². The summed E-state index contributed by atoms with van der Waals surface area (Å²) in [5.41, 5.74) is 5.46. The summed E-state index contributed by atoms with van der Waals surface area (Å²) in [5, 5.41) is 4.56. The first kappa shape index (κ1) is 12.0. The van der Waals surface area contributed by atoms with E-state index in [2.05, 4.69) is 43.8 Å². The van der Waals surface area contributed by atoms with E-state index in [-0.39, 0.29) is 0 Å². The highest BCUT2D eigenvalue weighted by atomic mass is 15.3. The summed E-state index contributed by atoms with van der Waals surface area (Å²) in [6, 6.07) is 1.32. The van der Waals surface area contributed by atoms with Gasteiger partial charge in [-0.15, -0.1) is 0 Å². The van der Waals surface area contributed by atoms with Crippen molar-refractivity contribution in [1.82, 2.24) is 14.7 Å². The van der Waals surface area contributed by atoms with E-state index in [9.17, 15) is 0 Å². The molecule has 2 unspecified atom stereocenters. The Labute approximate surface area is 109 Å². The molecule has 2 atom stereocenters. The van der Waals surface area contributed by atoms with Crippen LogP contribution in [0.2, 0.25) is 0 Å². The van der Waals surface area contributed by atoms with Gasteiger partial charge >= 0.3 is 0 Å². The van der Waals surface area contributed by atoms with Gasteiger partial charge in [0.25, 0.3) is 0 Å². The average Bonchev–Trinajstić information content (AvgIpc) is 2.93. The molecule has 0 saturated carbocycles. The van der Waals surface area contributed by atoms with Crippen molar-refractivity contribution in [3.63, 3.8) is 0 Å². The van der Waals surface area contributed by atoms with Crippen LogP contribution >= 0.6 is 0 Å². The van der Waals surface area contributed by atoms with Crippen molar-refractivity contribution in [2.45, 2.75) is 46.2 Å². The molecular weight excluding hydrogens is 222 g/mol. The maximum atomic E-state index is 4.56. The van der Waals surface area contributed by atoms with Crippen molar-refractivity contribution in [2.24, 2.45) is 13.0 Å². The highest BCUT2D eigenvalue weighted by Gasteiger charge is 2.41. The zero-order chi connectivity index (χ0) is 13.0. The zero-order valence-corrected chi connectivity index (χ0v) is 12.1. The first-order chi connectivity index (χ1) is 8.49. The quantitative estimate of drug-likeness (QED) is 0.798. The Hall–Kier alpha value is -1.09. The second-order valence-electron chi connectivity index (χ2n) is 6.08. The second kappa shape index (κ2) is 3.95. The van der Waals surface area contributed by atoms with Crippen LogP contribution in [0.15, 0.2) is 6.08 Å². The molecule has 1 aliphatic carbocycles. The van der Waals surface area contributed by atoms with Gasteiger partial charge in [-0.25, -0.2) is 0 Å². The molecule has 0 radical (unpaired) electrons. The van der Waals surface area contributed by atoms with E-state index < -0.39 is 0 Å². The van der Waals surface area contributed by atoms with Crippen LogP contribution in [0.4, 0.5) is 0 Å². The van der Waals surface area contributed by atoms with E-state index in [0.29, 0.717) is 12.1 Å². The third kappa shape index (κ3) is 1.57. The Kier molecular flexibility index (Phi) is 2.63. The molecule has 0 amide bonds. The lowest BCUT2D eigenvalue weighted by Gasteiger charge is -2.29. The Balaban J connectivity index is 1.97. The molecule has 2 heterocycles. The summed E-state index contributed by atoms with van der Waals surface area (Å²) in [5.74, 6) is 0.721. The number of hydrogen-bond donors (Lipinski definition) is 0. The Morgan fingerprint density at radius 3 is 2.50 bits per heavy atom. The number of rotatable bonds is 2. The minimum atomic E-state index is 0.656. The van der Waals surface area contributed by atoms with Gasteiger partial charge in [-0.05, 0) is 45.6 Å². The van der Waals surface area contributed by atoms with Crippen LogP contribution < -0.4 is 0 Å². The molecule has 1 fully saturated rings. The van der Waals surface area contributed by atoms with E-state index in [1.54, 1.807) is 5.57 Å². The monoisotopic (exact) mass is 245 g/mol. The molecule has 98 valence electrons. The number of likely N-dealkylation sites (tertiary alicyclic amines) is 1. The molecule has 1 aliphatic heterocycles. The molecule has 3 nitrogen and oxygen atoms in total. The Bertz CT molecular complexity index is 510. The highest BCUT2D eigenvalue weighted by molar-refractivity contribution is 5.74. The van der Waals surface area contributed by atoms with E-state index in [0.717, 1.165) is 5.92 Å². The minimum absolute atomic E-state index is 0.656. The van der Waals surface area contributed by atoms with E-state index in [4.69, 9.17) is 0 Å². The molecule has 3 rings (SSSR count). The fourth-order valence-corrected chi connectivity index (χ4v) is 3.70.